The molecule has 0 saturated heterocycles. The maximum absolute atomic E-state index is 12.3. The van der Waals surface area contributed by atoms with Gasteiger partial charge in [0.25, 0.3) is 5.91 Å². The maximum atomic E-state index is 12.3. The Bertz CT molecular complexity index is 866. The first-order valence-corrected chi connectivity index (χ1v) is 9.88. The lowest BCUT2D eigenvalue weighted by molar-refractivity contribution is -0.149. The monoisotopic (exact) mass is 394 g/mol. The highest BCUT2D eigenvalue weighted by Gasteiger charge is 2.23. The molecule has 6 heteroatoms. The van der Waals surface area contributed by atoms with Gasteiger partial charge in [-0.25, -0.2) is 0 Å². The second-order valence-corrected chi connectivity index (χ2v) is 7.24. The van der Waals surface area contributed by atoms with Gasteiger partial charge in [-0.3, -0.25) is 14.4 Å². The molecule has 0 saturated carbocycles. The van der Waals surface area contributed by atoms with E-state index >= 15 is 0 Å². The molecule has 2 atom stereocenters. The van der Waals surface area contributed by atoms with Gasteiger partial charge in [0.15, 0.2) is 6.61 Å². The van der Waals surface area contributed by atoms with Crippen molar-refractivity contribution in [1.29, 1.82) is 0 Å². The van der Waals surface area contributed by atoms with Crippen LogP contribution in [0.2, 0.25) is 0 Å². The number of rotatable bonds is 7. The van der Waals surface area contributed by atoms with E-state index in [1.165, 1.54) is 12.5 Å². The molecule has 0 aliphatic heterocycles. The number of fused-ring (bicyclic) bond motifs is 1. The molecule has 152 valence electrons. The number of hydrogen-bond acceptors (Lipinski definition) is 4. The van der Waals surface area contributed by atoms with Crippen molar-refractivity contribution in [1.82, 2.24) is 10.6 Å². The number of esters is 1. The standard InChI is InChI=1S/C23H26N2O4/c1-16(26)24-21(18-9-3-2-4-10-18)14-23(28)29-15-22(27)25-20-13-7-11-17-8-5-6-12-19(17)20/h2-6,8-10,12,20-21H,7,11,13-15H2,1H3,(H,24,26)(H,25,27)/t20-,21-/m1/s1. The van der Waals surface area contributed by atoms with Gasteiger partial charge in [0.1, 0.15) is 0 Å². The number of nitrogens with one attached hydrogen (secondary N) is 2. The van der Waals surface area contributed by atoms with E-state index in [0.29, 0.717) is 0 Å². The Kier molecular flexibility index (Phi) is 7.00. The van der Waals surface area contributed by atoms with E-state index in [0.717, 1.165) is 30.4 Å². The Morgan fingerprint density at radius 2 is 1.79 bits per heavy atom. The van der Waals surface area contributed by atoms with Crippen molar-refractivity contribution in [2.45, 2.75) is 44.7 Å². The number of hydrogen-bond donors (Lipinski definition) is 2. The molecule has 1 aliphatic rings. The predicted molar refractivity (Wildman–Crippen MR) is 109 cm³/mol. The summed E-state index contributed by atoms with van der Waals surface area (Å²) in [6, 6.07) is 16.7. The van der Waals surface area contributed by atoms with Crippen molar-refractivity contribution in [3.8, 4) is 0 Å². The average Bonchev–Trinajstić information content (AvgIpc) is 2.72. The number of benzene rings is 2. The molecule has 0 radical (unpaired) electrons. The van der Waals surface area contributed by atoms with Crippen LogP contribution < -0.4 is 10.6 Å². The first-order chi connectivity index (χ1) is 14.0. The molecule has 2 aromatic rings. The summed E-state index contributed by atoms with van der Waals surface area (Å²) in [4.78, 5) is 36.0. The fourth-order valence-electron chi connectivity index (χ4n) is 3.69. The molecule has 0 fully saturated rings. The quantitative estimate of drug-likeness (QED) is 0.707. The summed E-state index contributed by atoms with van der Waals surface area (Å²) in [7, 11) is 0. The second-order valence-electron chi connectivity index (χ2n) is 7.24. The van der Waals surface area contributed by atoms with Gasteiger partial charge in [-0.15, -0.1) is 0 Å². The van der Waals surface area contributed by atoms with Gasteiger partial charge in [0.05, 0.1) is 18.5 Å². The van der Waals surface area contributed by atoms with Crippen LogP contribution in [0.1, 0.15) is 55.0 Å². The van der Waals surface area contributed by atoms with Crippen LogP contribution >= 0.6 is 0 Å². The molecular formula is C23H26N2O4. The number of carbonyl (C=O) groups is 3. The molecule has 3 rings (SSSR count). The van der Waals surface area contributed by atoms with Crippen LogP contribution in [0.25, 0.3) is 0 Å². The van der Waals surface area contributed by atoms with Crippen LogP contribution in [-0.2, 0) is 25.5 Å². The highest BCUT2D eigenvalue weighted by Crippen LogP contribution is 2.29. The van der Waals surface area contributed by atoms with Gasteiger partial charge in [-0.1, -0.05) is 54.6 Å². The van der Waals surface area contributed by atoms with E-state index in [4.69, 9.17) is 4.74 Å². The van der Waals surface area contributed by atoms with Crippen molar-refractivity contribution < 1.29 is 19.1 Å². The van der Waals surface area contributed by atoms with Crippen molar-refractivity contribution in [2.24, 2.45) is 0 Å². The Morgan fingerprint density at radius 1 is 1.07 bits per heavy atom. The van der Waals surface area contributed by atoms with Crippen molar-refractivity contribution >= 4 is 17.8 Å². The summed E-state index contributed by atoms with van der Waals surface area (Å²) >= 11 is 0. The molecule has 2 N–H and O–H groups in total. The number of ether oxygens (including phenoxy) is 1. The summed E-state index contributed by atoms with van der Waals surface area (Å²) < 4.78 is 5.16. The topological polar surface area (TPSA) is 84.5 Å². The molecule has 0 unspecified atom stereocenters. The third-order valence-corrected chi connectivity index (χ3v) is 5.02. The lowest BCUT2D eigenvalue weighted by Crippen LogP contribution is -2.35. The van der Waals surface area contributed by atoms with Crippen molar-refractivity contribution in [3.05, 3.63) is 71.3 Å². The van der Waals surface area contributed by atoms with Gasteiger partial charge >= 0.3 is 5.97 Å². The maximum Gasteiger partial charge on any atom is 0.308 e. The number of carbonyl (C=O) groups excluding carboxylic acids is 3. The fourth-order valence-corrected chi connectivity index (χ4v) is 3.69. The summed E-state index contributed by atoms with van der Waals surface area (Å²) in [5.74, 6) is -1.09. The Balaban J connectivity index is 1.52. The van der Waals surface area contributed by atoms with E-state index in [9.17, 15) is 14.4 Å². The zero-order chi connectivity index (χ0) is 20.6. The third-order valence-electron chi connectivity index (χ3n) is 5.02. The van der Waals surface area contributed by atoms with Gasteiger partial charge in [-0.05, 0) is 36.0 Å². The Hall–Kier alpha value is -3.15. The van der Waals surface area contributed by atoms with Gasteiger partial charge in [-0.2, -0.15) is 0 Å². The van der Waals surface area contributed by atoms with Crippen LogP contribution in [0.5, 0.6) is 0 Å². The normalized spacial score (nSPS) is 16.2. The summed E-state index contributed by atoms with van der Waals surface area (Å²) in [6.07, 6.45) is 2.86. The van der Waals surface area contributed by atoms with E-state index < -0.39 is 12.0 Å². The van der Waals surface area contributed by atoms with Crippen LogP contribution in [0.3, 0.4) is 0 Å². The third kappa shape index (κ3) is 5.91. The molecule has 0 aromatic heterocycles. The first-order valence-electron chi connectivity index (χ1n) is 9.88. The molecule has 0 bridgehead atoms. The van der Waals surface area contributed by atoms with Crippen LogP contribution in [0.15, 0.2) is 54.6 Å². The fraction of sp³-hybridized carbons (Fsp3) is 0.348. The summed E-state index contributed by atoms with van der Waals surface area (Å²) in [6.45, 7) is 1.07. The van der Waals surface area contributed by atoms with Crippen molar-refractivity contribution in [2.75, 3.05) is 6.61 Å². The second kappa shape index (κ2) is 9.87. The minimum absolute atomic E-state index is 0.0386. The molecular weight excluding hydrogens is 368 g/mol. The van der Waals surface area contributed by atoms with E-state index in [-0.39, 0.29) is 30.9 Å². The SMILES string of the molecule is CC(=O)N[C@H](CC(=O)OCC(=O)N[C@@H]1CCCc2ccccc21)c1ccccc1. The largest absolute Gasteiger partial charge is 0.456 e. The highest BCUT2D eigenvalue weighted by atomic mass is 16.5. The highest BCUT2D eigenvalue weighted by molar-refractivity contribution is 5.81. The number of aryl methyl sites for hydroxylation is 1. The van der Waals surface area contributed by atoms with E-state index in [2.05, 4.69) is 16.7 Å². The smallest absolute Gasteiger partial charge is 0.308 e. The lowest BCUT2D eigenvalue weighted by atomic mass is 9.88. The van der Waals surface area contributed by atoms with Crippen molar-refractivity contribution in [3.63, 3.8) is 0 Å². The van der Waals surface area contributed by atoms with Crippen LogP contribution in [0, 0.1) is 0 Å². The molecule has 2 amide bonds. The molecule has 29 heavy (non-hydrogen) atoms. The minimum atomic E-state index is -0.535. The Labute approximate surface area is 170 Å². The molecule has 6 nitrogen and oxygen atoms in total. The van der Waals surface area contributed by atoms with Gasteiger partial charge in [0, 0.05) is 6.92 Å². The van der Waals surface area contributed by atoms with Crippen LogP contribution in [0.4, 0.5) is 0 Å². The minimum Gasteiger partial charge on any atom is -0.456 e. The van der Waals surface area contributed by atoms with Gasteiger partial charge < -0.3 is 15.4 Å². The predicted octanol–water partition coefficient (Wildman–Crippen LogP) is 2.99. The lowest BCUT2D eigenvalue weighted by Gasteiger charge is -2.26. The average molecular weight is 394 g/mol. The zero-order valence-corrected chi connectivity index (χ0v) is 16.5. The Morgan fingerprint density at radius 3 is 2.55 bits per heavy atom. The first kappa shape index (κ1) is 20.6. The molecule has 0 spiro atoms. The van der Waals surface area contributed by atoms with Crippen LogP contribution in [-0.4, -0.2) is 24.4 Å². The summed E-state index contributed by atoms with van der Waals surface area (Å²) in [5.41, 5.74) is 3.19. The molecule has 0 heterocycles. The van der Waals surface area contributed by atoms with Gasteiger partial charge in [0.2, 0.25) is 5.91 Å². The zero-order valence-electron chi connectivity index (χ0n) is 16.5. The summed E-state index contributed by atoms with van der Waals surface area (Å²) in [5, 5.41) is 5.71. The molecule has 2 aromatic carbocycles. The van der Waals surface area contributed by atoms with E-state index in [1.54, 1.807) is 0 Å². The number of amides is 2. The molecule has 1 aliphatic carbocycles. The van der Waals surface area contributed by atoms with E-state index in [1.807, 2.05) is 48.5 Å².